The van der Waals surface area contributed by atoms with E-state index in [0.29, 0.717) is 6.54 Å². The molecular formula is C14H18N2O. The van der Waals surface area contributed by atoms with Gasteiger partial charge in [-0.05, 0) is 12.8 Å². The number of aliphatic imine (C=N–C) groups is 1. The third-order valence-corrected chi connectivity index (χ3v) is 2.92. The Balaban J connectivity index is 1.85. The fourth-order valence-corrected chi connectivity index (χ4v) is 1.93. The van der Waals surface area contributed by atoms with Gasteiger partial charge in [-0.2, -0.15) is 0 Å². The maximum absolute atomic E-state index is 11.9. The topological polar surface area (TPSA) is 41.5 Å². The summed E-state index contributed by atoms with van der Waals surface area (Å²) in [5.41, 5.74) is 0.759. The van der Waals surface area contributed by atoms with Gasteiger partial charge < -0.3 is 5.32 Å². The molecule has 1 aromatic rings. The van der Waals surface area contributed by atoms with E-state index in [-0.39, 0.29) is 5.78 Å². The van der Waals surface area contributed by atoms with Crippen molar-refractivity contribution in [2.45, 2.75) is 25.7 Å². The fraction of sp³-hybridized carbons (Fsp3) is 0.429. The number of nitrogens with one attached hydrogen (secondary N) is 1. The van der Waals surface area contributed by atoms with Crippen LogP contribution in [-0.2, 0) is 0 Å². The van der Waals surface area contributed by atoms with Crippen LogP contribution in [0, 0.1) is 0 Å². The number of hydrogen-bond donors (Lipinski definition) is 1. The van der Waals surface area contributed by atoms with Crippen LogP contribution in [0.15, 0.2) is 35.3 Å². The van der Waals surface area contributed by atoms with Crippen LogP contribution in [0.5, 0.6) is 0 Å². The van der Waals surface area contributed by atoms with E-state index in [0.717, 1.165) is 30.8 Å². The van der Waals surface area contributed by atoms with Gasteiger partial charge in [-0.1, -0.05) is 36.8 Å². The number of Topliss-reactive ketones (excluding diaryl/α,β-unsaturated/α-hetero) is 1. The van der Waals surface area contributed by atoms with E-state index in [2.05, 4.69) is 10.3 Å². The first-order valence-corrected chi connectivity index (χ1v) is 6.22. The third kappa shape index (κ3) is 3.70. The number of carbonyl (C=O) groups excluding carboxylic acids is 1. The first kappa shape index (κ1) is 11.8. The molecule has 0 amide bonds. The highest BCUT2D eigenvalue weighted by atomic mass is 16.1. The first-order chi connectivity index (χ1) is 8.36. The van der Waals surface area contributed by atoms with Gasteiger partial charge in [0.2, 0.25) is 0 Å². The van der Waals surface area contributed by atoms with E-state index in [4.69, 9.17) is 0 Å². The largest absolute Gasteiger partial charge is 0.366 e. The minimum atomic E-state index is 0.123. The lowest BCUT2D eigenvalue weighted by Crippen LogP contribution is -2.29. The monoisotopic (exact) mass is 230 g/mol. The second kappa shape index (κ2) is 6.18. The summed E-state index contributed by atoms with van der Waals surface area (Å²) in [5, 5.41) is 3.16. The number of ketones is 1. The summed E-state index contributed by atoms with van der Waals surface area (Å²) in [6.07, 6.45) is 4.55. The van der Waals surface area contributed by atoms with Gasteiger partial charge in [0.25, 0.3) is 0 Å². The minimum Gasteiger partial charge on any atom is -0.366 e. The summed E-state index contributed by atoms with van der Waals surface area (Å²) in [6.45, 7) is 1.24. The Labute approximate surface area is 102 Å². The first-order valence-electron chi connectivity index (χ1n) is 6.22. The van der Waals surface area contributed by atoms with Crippen molar-refractivity contribution in [2.24, 2.45) is 4.99 Å². The molecule has 1 aliphatic rings. The summed E-state index contributed by atoms with van der Waals surface area (Å²) in [4.78, 5) is 16.3. The van der Waals surface area contributed by atoms with Crippen LogP contribution in [0.3, 0.4) is 0 Å². The Morgan fingerprint density at radius 3 is 2.82 bits per heavy atom. The van der Waals surface area contributed by atoms with Crippen LogP contribution >= 0.6 is 0 Å². The van der Waals surface area contributed by atoms with Gasteiger partial charge in [0.1, 0.15) is 0 Å². The quantitative estimate of drug-likeness (QED) is 0.810. The predicted octanol–water partition coefficient (Wildman–Crippen LogP) is 2.43. The zero-order valence-electron chi connectivity index (χ0n) is 9.98. The van der Waals surface area contributed by atoms with Gasteiger partial charge in [0.15, 0.2) is 5.78 Å². The Hall–Kier alpha value is -1.64. The Morgan fingerprint density at radius 2 is 2.00 bits per heavy atom. The predicted molar refractivity (Wildman–Crippen MR) is 69.5 cm³/mol. The Morgan fingerprint density at radius 1 is 1.18 bits per heavy atom. The van der Waals surface area contributed by atoms with Crippen LogP contribution in [0.25, 0.3) is 0 Å². The highest BCUT2D eigenvalue weighted by molar-refractivity contribution is 5.99. The normalized spacial score (nSPS) is 15.9. The summed E-state index contributed by atoms with van der Waals surface area (Å²) < 4.78 is 0. The summed E-state index contributed by atoms with van der Waals surface area (Å²) >= 11 is 0. The van der Waals surface area contributed by atoms with Gasteiger partial charge in [-0.25, -0.2) is 0 Å². The molecule has 1 N–H and O–H groups in total. The Kier molecular flexibility index (Phi) is 4.30. The summed E-state index contributed by atoms with van der Waals surface area (Å²) in [6, 6.07) is 9.38. The van der Waals surface area contributed by atoms with Gasteiger partial charge in [-0.3, -0.25) is 9.79 Å². The minimum absolute atomic E-state index is 0.123. The van der Waals surface area contributed by atoms with Crippen molar-refractivity contribution in [1.82, 2.24) is 5.32 Å². The lowest BCUT2D eigenvalue weighted by molar-refractivity contribution is 0.0996. The maximum Gasteiger partial charge on any atom is 0.181 e. The smallest absolute Gasteiger partial charge is 0.181 e. The highest BCUT2D eigenvalue weighted by Gasteiger charge is 2.07. The summed E-state index contributed by atoms with van der Waals surface area (Å²) in [7, 11) is 0. The molecule has 90 valence electrons. The lowest BCUT2D eigenvalue weighted by Gasteiger charge is -2.07. The second-order valence-corrected chi connectivity index (χ2v) is 4.28. The van der Waals surface area contributed by atoms with Crippen LogP contribution in [0.2, 0.25) is 0 Å². The molecular weight excluding hydrogens is 212 g/mol. The Bertz CT molecular complexity index is 398. The van der Waals surface area contributed by atoms with E-state index in [1.54, 1.807) is 0 Å². The van der Waals surface area contributed by atoms with E-state index in [1.165, 1.54) is 12.8 Å². The molecule has 0 aliphatic carbocycles. The van der Waals surface area contributed by atoms with Gasteiger partial charge >= 0.3 is 0 Å². The van der Waals surface area contributed by atoms with E-state index in [1.807, 2.05) is 30.3 Å². The molecule has 3 heteroatoms. The lowest BCUT2D eigenvalue weighted by atomic mass is 10.1. The van der Waals surface area contributed by atoms with Gasteiger partial charge in [0, 0.05) is 18.5 Å². The maximum atomic E-state index is 11.9. The third-order valence-electron chi connectivity index (χ3n) is 2.92. The molecule has 1 heterocycles. The zero-order valence-corrected chi connectivity index (χ0v) is 9.98. The van der Waals surface area contributed by atoms with Gasteiger partial charge in [-0.15, -0.1) is 0 Å². The second-order valence-electron chi connectivity index (χ2n) is 4.28. The van der Waals surface area contributed by atoms with Crippen LogP contribution in [0.4, 0.5) is 0 Å². The summed E-state index contributed by atoms with van der Waals surface area (Å²) in [5.74, 6) is 1.12. The van der Waals surface area contributed by atoms with E-state index >= 15 is 0 Å². The standard InChI is InChI=1S/C14H18N2O/c17-13(12-7-3-1-4-8-12)11-16-14-9-5-2-6-10-15-14/h1,3-4,7-8H,2,5-6,9-11H2,(H,15,16). The average molecular weight is 230 g/mol. The number of amidine groups is 1. The highest BCUT2D eigenvalue weighted by Crippen LogP contribution is 2.06. The van der Waals surface area contributed by atoms with Crippen molar-refractivity contribution in [3.63, 3.8) is 0 Å². The molecule has 0 fully saturated rings. The van der Waals surface area contributed by atoms with Crippen LogP contribution in [0.1, 0.15) is 36.0 Å². The average Bonchev–Trinajstić information content (AvgIpc) is 2.65. The van der Waals surface area contributed by atoms with Crippen molar-refractivity contribution in [1.29, 1.82) is 0 Å². The molecule has 0 radical (unpaired) electrons. The molecule has 0 bridgehead atoms. The van der Waals surface area contributed by atoms with Crippen molar-refractivity contribution < 1.29 is 4.79 Å². The number of carbonyl (C=O) groups is 1. The molecule has 2 rings (SSSR count). The molecule has 3 nitrogen and oxygen atoms in total. The molecule has 0 aromatic heterocycles. The van der Waals surface area contributed by atoms with Crippen molar-refractivity contribution in [2.75, 3.05) is 13.1 Å². The number of hydrogen-bond acceptors (Lipinski definition) is 3. The molecule has 1 aromatic carbocycles. The molecule has 17 heavy (non-hydrogen) atoms. The van der Waals surface area contributed by atoms with Crippen LogP contribution < -0.4 is 5.32 Å². The number of nitrogens with zero attached hydrogens (tertiary/aromatic N) is 1. The van der Waals surface area contributed by atoms with Crippen molar-refractivity contribution in [3.05, 3.63) is 35.9 Å². The fourth-order valence-electron chi connectivity index (χ4n) is 1.93. The molecule has 0 saturated heterocycles. The molecule has 0 atom stereocenters. The van der Waals surface area contributed by atoms with Crippen molar-refractivity contribution in [3.8, 4) is 0 Å². The van der Waals surface area contributed by atoms with E-state index < -0.39 is 0 Å². The molecule has 0 saturated carbocycles. The SMILES string of the molecule is O=C(CNC1=NCCCCC1)c1ccccc1. The zero-order chi connectivity index (χ0) is 11.9. The number of benzene rings is 1. The van der Waals surface area contributed by atoms with Crippen molar-refractivity contribution >= 4 is 11.6 Å². The molecule has 0 spiro atoms. The molecule has 0 unspecified atom stereocenters. The van der Waals surface area contributed by atoms with Gasteiger partial charge in [0.05, 0.1) is 12.4 Å². The van der Waals surface area contributed by atoms with Crippen LogP contribution in [-0.4, -0.2) is 24.7 Å². The molecule has 1 aliphatic heterocycles. The van der Waals surface area contributed by atoms with E-state index in [9.17, 15) is 4.79 Å². The number of rotatable bonds is 3.